The SMILES string of the molecule is CC(=O)OS.[Ca+2].[H-].[H-]. The van der Waals surface area contributed by atoms with Crippen molar-refractivity contribution in [2.75, 3.05) is 0 Å². The van der Waals surface area contributed by atoms with Crippen LogP contribution in [0.5, 0.6) is 0 Å². The van der Waals surface area contributed by atoms with E-state index in [2.05, 4.69) is 17.1 Å². The maximum atomic E-state index is 9.51. The molecule has 0 aromatic rings. The van der Waals surface area contributed by atoms with Crippen molar-refractivity contribution in [3.05, 3.63) is 0 Å². The van der Waals surface area contributed by atoms with Crippen molar-refractivity contribution in [2.24, 2.45) is 0 Å². The molecule has 0 saturated heterocycles. The molecule has 6 heavy (non-hydrogen) atoms. The van der Waals surface area contributed by atoms with E-state index in [9.17, 15) is 4.79 Å². The van der Waals surface area contributed by atoms with E-state index in [1.165, 1.54) is 6.92 Å². The van der Waals surface area contributed by atoms with Gasteiger partial charge < -0.3 is 7.04 Å². The Labute approximate surface area is 74.8 Å². The Bertz CT molecular complexity index is 53.3. The van der Waals surface area contributed by atoms with Gasteiger partial charge in [0.25, 0.3) is 0 Å². The summed E-state index contributed by atoms with van der Waals surface area (Å²) in [5, 5.41) is 0. The number of rotatable bonds is 0. The van der Waals surface area contributed by atoms with Crippen LogP contribution in [-0.2, 0) is 8.98 Å². The van der Waals surface area contributed by atoms with Crippen LogP contribution in [0.3, 0.4) is 0 Å². The van der Waals surface area contributed by atoms with E-state index in [0.717, 1.165) is 0 Å². The van der Waals surface area contributed by atoms with Crippen LogP contribution in [0.25, 0.3) is 0 Å². The molecule has 0 fully saturated rings. The van der Waals surface area contributed by atoms with E-state index in [-0.39, 0.29) is 46.6 Å². The zero-order valence-electron chi connectivity index (χ0n) is 5.47. The molecule has 0 aliphatic heterocycles. The third-order valence-corrected chi connectivity index (χ3v) is 0.386. The molecule has 2 nitrogen and oxygen atoms in total. The Morgan fingerprint density at radius 2 is 2.17 bits per heavy atom. The summed E-state index contributed by atoms with van der Waals surface area (Å²) in [6.45, 7) is 1.28. The summed E-state index contributed by atoms with van der Waals surface area (Å²) in [6, 6.07) is 0. The molecule has 0 amide bonds. The summed E-state index contributed by atoms with van der Waals surface area (Å²) in [7, 11) is 0. The summed E-state index contributed by atoms with van der Waals surface area (Å²) in [4.78, 5) is 9.51. The Morgan fingerprint density at radius 1 is 2.00 bits per heavy atom. The minimum atomic E-state index is -0.381. The molecule has 34 valence electrons. The zero-order valence-corrected chi connectivity index (χ0v) is 6.57. The van der Waals surface area contributed by atoms with Crippen LogP contribution in [-0.4, -0.2) is 43.7 Å². The van der Waals surface area contributed by atoms with Gasteiger partial charge in [0.1, 0.15) is 0 Å². The van der Waals surface area contributed by atoms with Gasteiger partial charge in [-0.25, -0.2) is 0 Å². The molecule has 0 aromatic carbocycles. The molecule has 0 saturated carbocycles. The first-order valence-electron chi connectivity index (χ1n) is 1.09. The van der Waals surface area contributed by atoms with Gasteiger partial charge in [-0.1, -0.05) is 0 Å². The number of hydrogen-bond acceptors (Lipinski definition) is 3. The fraction of sp³-hybridized carbons (Fsp3) is 0.500. The fourth-order valence-corrected chi connectivity index (χ4v) is 0. The van der Waals surface area contributed by atoms with Crippen LogP contribution in [0, 0.1) is 0 Å². The first-order chi connectivity index (χ1) is 2.27. The first-order valence-corrected chi connectivity index (χ1v) is 1.46. The molecule has 0 N–H and O–H groups in total. The molecule has 0 aliphatic carbocycles. The van der Waals surface area contributed by atoms with Gasteiger partial charge in [0.05, 0.1) is 0 Å². The predicted octanol–water partition coefficient (Wildman–Crippen LogP) is 0.238. The average molecular weight is 134 g/mol. The number of thiol groups is 1. The maximum Gasteiger partial charge on any atom is 2.00 e. The Balaban J connectivity index is -0.0000000267. The number of carbonyl (C=O) groups is 1. The summed E-state index contributed by atoms with van der Waals surface area (Å²) in [6.07, 6.45) is 0. The smallest absolute Gasteiger partial charge is 1.00 e. The molecule has 0 spiro atoms. The van der Waals surface area contributed by atoms with E-state index in [0.29, 0.717) is 0 Å². The van der Waals surface area contributed by atoms with E-state index < -0.39 is 0 Å². The van der Waals surface area contributed by atoms with Gasteiger partial charge in [-0.2, -0.15) is 0 Å². The van der Waals surface area contributed by atoms with Gasteiger partial charge in [0.15, 0.2) is 0 Å². The Kier molecular flexibility index (Phi) is 10.3. The van der Waals surface area contributed by atoms with E-state index in [1.54, 1.807) is 0 Å². The van der Waals surface area contributed by atoms with Gasteiger partial charge in [-0.15, -0.1) is 0 Å². The molecule has 0 aromatic heterocycles. The summed E-state index contributed by atoms with van der Waals surface area (Å²) < 4.78 is 3.81. The van der Waals surface area contributed by atoms with Crippen LogP contribution >= 0.6 is 12.9 Å². The Hall–Kier alpha value is 1.08. The molecule has 0 radical (unpaired) electrons. The van der Waals surface area contributed by atoms with E-state index in [1.807, 2.05) is 0 Å². The van der Waals surface area contributed by atoms with Crippen molar-refractivity contribution in [2.45, 2.75) is 6.92 Å². The predicted molar refractivity (Wildman–Crippen MR) is 28.7 cm³/mol. The van der Waals surface area contributed by atoms with E-state index in [4.69, 9.17) is 0 Å². The Morgan fingerprint density at radius 3 is 2.17 bits per heavy atom. The largest absolute Gasteiger partial charge is 2.00 e. The van der Waals surface area contributed by atoms with Gasteiger partial charge in [0, 0.05) is 19.8 Å². The quantitative estimate of drug-likeness (QED) is 0.292. The van der Waals surface area contributed by atoms with Gasteiger partial charge >= 0.3 is 43.7 Å². The molecule has 0 aliphatic rings. The van der Waals surface area contributed by atoms with Gasteiger partial charge in [-0.05, 0) is 0 Å². The average Bonchev–Trinajstić information content (AvgIpc) is 1.38. The molecule has 4 heteroatoms. The topological polar surface area (TPSA) is 26.3 Å². The van der Waals surface area contributed by atoms with Crippen LogP contribution in [0.4, 0.5) is 0 Å². The standard InChI is InChI=1S/C2H4O2S.Ca.2H/c1-2(3)4-5;;;/h5H,1H3;;;/q;+2;2*-1. The molecular formula is C2H6CaO2S. The minimum absolute atomic E-state index is 0. The van der Waals surface area contributed by atoms with Crippen LogP contribution in [0.2, 0.25) is 0 Å². The van der Waals surface area contributed by atoms with E-state index >= 15 is 0 Å². The third-order valence-electron chi connectivity index (χ3n) is 0.129. The second kappa shape index (κ2) is 6.08. The number of carbonyl (C=O) groups excluding carboxylic acids is 1. The summed E-state index contributed by atoms with van der Waals surface area (Å²) in [5.41, 5.74) is 0. The second-order valence-electron chi connectivity index (χ2n) is 0.583. The van der Waals surface area contributed by atoms with Crippen molar-refractivity contribution in [1.29, 1.82) is 0 Å². The minimum Gasteiger partial charge on any atom is -1.00 e. The molecular weight excluding hydrogens is 128 g/mol. The zero-order chi connectivity index (χ0) is 4.28. The van der Waals surface area contributed by atoms with Crippen molar-refractivity contribution in [3.8, 4) is 0 Å². The van der Waals surface area contributed by atoms with Crippen LogP contribution in [0.1, 0.15) is 9.78 Å². The van der Waals surface area contributed by atoms with Crippen LogP contribution in [0.15, 0.2) is 0 Å². The van der Waals surface area contributed by atoms with Crippen molar-refractivity contribution in [3.63, 3.8) is 0 Å². The molecule has 0 rings (SSSR count). The van der Waals surface area contributed by atoms with Crippen molar-refractivity contribution >= 4 is 56.6 Å². The monoisotopic (exact) mass is 134 g/mol. The fourth-order valence-electron chi connectivity index (χ4n) is 0. The summed E-state index contributed by atoms with van der Waals surface area (Å²) in [5.74, 6) is -0.381. The maximum absolute atomic E-state index is 9.51. The van der Waals surface area contributed by atoms with Gasteiger partial charge in [0.2, 0.25) is 0 Å². The molecule has 0 bridgehead atoms. The molecule has 0 unspecified atom stereocenters. The van der Waals surface area contributed by atoms with Crippen molar-refractivity contribution in [1.82, 2.24) is 0 Å². The molecule has 0 heterocycles. The number of hydrogen-bond donors (Lipinski definition) is 1. The summed E-state index contributed by atoms with van der Waals surface area (Å²) >= 11 is 3.17. The first kappa shape index (κ1) is 10.1. The van der Waals surface area contributed by atoms with Gasteiger partial charge in [-0.3, -0.25) is 4.79 Å². The third kappa shape index (κ3) is 8.91. The van der Waals surface area contributed by atoms with Crippen LogP contribution < -0.4 is 0 Å². The van der Waals surface area contributed by atoms with Crippen molar-refractivity contribution < 1.29 is 11.8 Å². The molecule has 0 atom stereocenters. The second-order valence-corrected chi connectivity index (χ2v) is 0.765. The normalized spacial score (nSPS) is 5.67.